The smallest absolute Gasteiger partial charge is 0.153 e. The number of hydrogen-bond donors (Lipinski definition) is 2. The molecule has 0 saturated carbocycles. The lowest BCUT2D eigenvalue weighted by Gasteiger charge is -2.22. The van der Waals surface area contributed by atoms with Gasteiger partial charge in [0.05, 0.1) is 9.77 Å². The fourth-order valence-corrected chi connectivity index (χ4v) is 1.87. The summed E-state index contributed by atoms with van der Waals surface area (Å²) >= 11 is 5.78. The number of aromatic hydroxyl groups is 1. The van der Waals surface area contributed by atoms with E-state index in [1.54, 1.807) is 26.0 Å². The summed E-state index contributed by atoms with van der Waals surface area (Å²) in [5.41, 5.74) is 0.891. The maximum atomic E-state index is 11.5. The van der Waals surface area contributed by atoms with Crippen LogP contribution in [0.3, 0.4) is 0 Å². The highest BCUT2D eigenvalue weighted by molar-refractivity contribution is 7.92. The van der Waals surface area contributed by atoms with Gasteiger partial charge in [-0.25, -0.2) is 8.42 Å². The van der Waals surface area contributed by atoms with Crippen molar-refractivity contribution in [2.75, 3.05) is 12.8 Å². The van der Waals surface area contributed by atoms with Gasteiger partial charge in [-0.05, 0) is 31.5 Å². The van der Waals surface area contributed by atoms with E-state index in [1.165, 1.54) is 12.3 Å². The number of phenolic OH excluding ortho intramolecular Hbond substituents is 1. The first-order valence-electron chi connectivity index (χ1n) is 5.51. The molecule has 6 heteroatoms. The van der Waals surface area contributed by atoms with E-state index in [9.17, 15) is 13.5 Å². The van der Waals surface area contributed by atoms with Gasteiger partial charge in [0.1, 0.15) is 5.75 Å². The molecule has 0 fully saturated rings. The lowest BCUT2D eigenvalue weighted by atomic mass is 10.2. The van der Waals surface area contributed by atoms with Crippen molar-refractivity contribution in [3.05, 3.63) is 28.8 Å². The second kappa shape index (κ2) is 5.47. The van der Waals surface area contributed by atoms with Crippen LogP contribution in [0.15, 0.2) is 18.2 Å². The van der Waals surface area contributed by atoms with E-state index in [0.717, 1.165) is 5.56 Å². The second-order valence-corrected chi connectivity index (χ2v) is 7.98. The molecule has 0 heterocycles. The van der Waals surface area contributed by atoms with Gasteiger partial charge in [0.25, 0.3) is 0 Å². The summed E-state index contributed by atoms with van der Waals surface area (Å²) in [4.78, 5) is 0. The van der Waals surface area contributed by atoms with Crippen LogP contribution in [0.2, 0.25) is 5.02 Å². The molecular weight excluding hydrogens is 274 g/mol. The Balaban J connectivity index is 2.60. The topological polar surface area (TPSA) is 66.4 Å². The molecule has 4 nitrogen and oxygen atoms in total. The molecule has 0 radical (unpaired) electrons. The van der Waals surface area contributed by atoms with Crippen molar-refractivity contribution in [3.63, 3.8) is 0 Å². The minimum absolute atomic E-state index is 0.0388. The van der Waals surface area contributed by atoms with E-state index in [2.05, 4.69) is 5.32 Å². The third kappa shape index (κ3) is 3.86. The number of hydrogen-bond acceptors (Lipinski definition) is 4. The van der Waals surface area contributed by atoms with Crippen LogP contribution in [-0.2, 0) is 16.4 Å². The van der Waals surface area contributed by atoms with E-state index < -0.39 is 14.6 Å². The summed E-state index contributed by atoms with van der Waals surface area (Å²) in [7, 11) is -3.10. The van der Waals surface area contributed by atoms with Gasteiger partial charge in [0.2, 0.25) is 0 Å². The molecule has 1 rings (SSSR count). The summed E-state index contributed by atoms with van der Waals surface area (Å²) in [6.07, 6.45) is 1.23. The van der Waals surface area contributed by atoms with Crippen LogP contribution in [0.25, 0.3) is 0 Å². The van der Waals surface area contributed by atoms with Crippen LogP contribution in [-0.4, -0.2) is 31.1 Å². The minimum atomic E-state index is -3.10. The van der Waals surface area contributed by atoms with E-state index in [-0.39, 0.29) is 10.8 Å². The highest BCUT2D eigenvalue weighted by atomic mass is 35.5. The number of sulfone groups is 1. The van der Waals surface area contributed by atoms with E-state index in [4.69, 9.17) is 11.6 Å². The van der Waals surface area contributed by atoms with Crippen molar-refractivity contribution in [1.82, 2.24) is 5.32 Å². The molecular formula is C12H18ClNO3S. The molecule has 1 aromatic rings. The zero-order valence-electron chi connectivity index (χ0n) is 10.7. The Morgan fingerprint density at radius 2 is 2.00 bits per heavy atom. The largest absolute Gasteiger partial charge is 0.506 e. The van der Waals surface area contributed by atoms with Crippen LogP contribution in [0.5, 0.6) is 5.75 Å². The maximum Gasteiger partial charge on any atom is 0.153 e. The van der Waals surface area contributed by atoms with Gasteiger partial charge in [-0.3, -0.25) is 0 Å². The SMILES string of the molecule is CC(C)(CNCc1ccc(O)c(Cl)c1)S(C)(=O)=O. The van der Waals surface area contributed by atoms with Crippen molar-refractivity contribution in [1.29, 1.82) is 0 Å². The Hall–Kier alpha value is -0.780. The van der Waals surface area contributed by atoms with Crippen LogP contribution in [0.1, 0.15) is 19.4 Å². The average Bonchev–Trinajstić information content (AvgIpc) is 2.21. The van der Waals surface area contributed by atoms with Crippen LogP contribution in [0.4, 0.5) is 0 Å². The summed E-state index contributed by atoms with van der Waals surface area (Å²) < 4.78 is 22.2. The van der Waals surface area contributed by atoms with Gasteiger partial charge in [0, 0.05) is 19.3 Å². The van der Waals surface area contributed by atoms with Gasteiger partial charge >= 0.3 is 0 Å². The molecule has 0 bridgehead atoms. The maximum absolute atomic E-state index is 11.5. The van der Waals surface area contributed by atoms with Crippen LogP contribution < -0.4 is 5.32 Å². The zero-order chi connectivity index (χ0) is 14.0. The first-order valence-corrected chi connectivity index (χ1v) is 7.78. The molecule has 0 aliphatic heterocycles. The first-order chi connectivity index (χ1) is 8.13. The number of phenols is 1. The van der Waals surface area contributed by atoms with Gasteiger partial charge in [-0.1, -0.05) is 17.7 Å². The summed E-state index contributed by atoms with van der Waals surface area (Å²) in [5, 5.41) is 12.6. The van der Waals surface area contributed by atoms with E-state index in [0.29, 0.717) is 13.1 Å². The van der Waals surface area contributed by atoms with E-state index >= 15 is 0 Å². The predicted octanol–water partition coefficient (Wildman–Crippen LogP) is 1.96. The number of nitrogens with one attached hydrogen (secondary N) is 1. The molecule has 0 saturated heterocycles. The molecule has 2 N–H and O–H groups in total. The highest BCUT2D eigenvalue weighted by Gasteiger charge is 2.29. The van der Waals surface area contributed by atoms with Crippen molar-refractivity contribution in [2.24, 2.45) is 0 Å². The summed E-state index contributed by atoms with van der Waals surface area (Å²) in [5.74, 6) is 0.0388. The molecule has 18 heavy (non-hydrogen) atoms. The summed E-state index contributed by atoms with van der Waals surface area (Å²) in [6.45, 7) is 4.21. The molecule has 0 spiro atoms. The van der Waals surface area contributed by atoms with Gasteiger partial charge in [-0.15, -0.1) is 0 Å². The van der Waals surface area contributed by atoms with Crippen molar-refractivity contribution in [2.45, 2.75) is 25.1 Å². The minimum Gasteiger partial charge on any atom is -0.506 e. The lowest BCUT2D eigenvalue weighted by Crippen LogP contribution is -2.41. The Kier molecular flexibility index (Phi) is 4.64. The molecule has 0 amide bonds. The molecule has 0 aliphatic carbocycles. The van der Waals surface area contributed by atoms with Crippen molar-refractivity contribution >= 4 is 21.4 Å². The highest BCUT2D eigenvalue weighted by Crippen LogP contribution is 2.23. The molecule has 102 valence electrons. The van der Waals surface area contributed by atoms with Gasteiger partial charge < -0.3 is 10.4 Å². The third-order valence-corrected chi connectivity index (χ3v) is 5.35. The first kappa shape index (κ1) is 15.3. The Morgan fingerprint density at radius 3 is 2.50 bits per heavy atom. The molecule has 0 aliphatic rings. The second-order valence-electron chi connectivity index (χ2n) is 4.92. The quantitative estimate of drug-likeness (QED) is 0.870. The molecule has 0 aromatic heterocycles. The predicted molar refractivity (Wildman–Crippen MR) is 73.7 cm³/mol. The number of halogens is 1. The Labute approximate surface area is 113 Å². The van der Waals surface area contributed by atoms with Crippen molar-refractivity contribution < 1.29 is 13.5 Å². The van der Waals surface area contributed by atoms with Crippen LogP contribution in [0, 0.1) is 0 Å². The number of benzene rings is 1. The Morgan fingerprint density at radius 1 is 1.39 bits per heavy atom. The van der Waals surface area contributed by atoms with Gasteiger partial charge in [0.15, 0.2) is 9.84 Å². The fourth-order valence-electron chi connectivity index (χ4n) is 1.30. The normalized spacial score (nSPS) is 12.7. The zero-order valence-corrected chi connectivity index (χ0v) is 12.3. The Bertz CT molecular complexity index is 526. The van der Waals surface area contributed by atoms with E-state index in [1.807, 2.05) is 0 Å². The molecule has 1 aromatic carbocycles. The van der Waals surface area contributed by atoms with Crippen molar-refractivity contribution in [3.8, 4) is 5.75 Å². The van der Waals surface area contributed by atoms with Gasteiger partial charge in [-0.2, -0.15) is 0 Å². The third-order valence-electron chi connectivity index (χ3n) is 2.90. The fraction of sp³-hybridized carbons (Fsp3) is 0.500. The monoisotopic (exact) mass is 291 g/mol. The molecule has 0 unspecified atom stereocenters. The lowest BCUT2D eigenvalue weighted by molar-refractivity contribution is 0.475. The summed E-state index contributed by atoms with van der Waals surface area (Å²) in [6, 6.07) is 4.90. The number of rotatable bonds is 5. The van der Waals surface area contributed by atoms with Crippen LogP contribution >= 0.6 is 11.6 Å². The average molecular weight is 292 g/mol. The molecule has 0 atom stereocenters. The standard InChI is InChI=1S/C12H18ClNO3S/c1-12(2,18(3,16)17)8-14-7-9-4-5-11(15)10(13)6-9/h4-6,14-15H,7-8H2,1-3H3.